The van der Waals surface area contributed by atoms with E-state index in [2.05, 4.69) is 20.4 Å². The minimum Gasteiger partial charge on any atom is -0.355 e. The number of nitrogens with one attached hydrogen (secondary N) is 1. The van der Waals surface area contributed by atoms with Gasteiger partial charge in [0.15, 0.2) is 11.5 Å². The summed E-state index contributed by atoms with van der Waals surface area (Å²) in [5.74, 6) is 0.203. The first kappa shape index (κ1) is 13.9. The van der Waals surface area contributed by atoms with Crippen LogP contribution in [0.4, 0.5) is 0 Å². The first-order chi connectivity index (χ1) is 10.7. The van der Waals surface area contributed by atoms with E-state index >= 15 is 0 Å². The molecule has 0 aliphatic heterocycles. The zero-order valence-corrected chi connectivity index (χ0v) is 12.0. The molecule has 0 atom stereocenters. The molecule has 0 saturated heterocycles. The topological polar surface area (TPSA) is 80.9 Å². The van der Waals surface area contributed by atoms with Gasteiger partial charge < -0.3 is 9.84 Å². The van der Waals surface area contributed by atoms with Crippen LogP contribution in [0, 0.1) is 6.92 Å². The summed E-state index contributed by atoms with van der Waals surface area (Å²) < 4.78 is 5.18. The Morgan fingerprint density at radius 1 is 1.27 bits per heavy atom. The summed E-state index contributed by atoms with van der Waals surface area (Å²) in [4.78, 5) is 20.4. The third kappa shape index (κ3) is 3.17. The summed E-state index contributed by atoms with van der Waals surface area (Å²) in [6.07, 6.45) is 3.32. The van der Waals surface area contributed by atoms with Crippen LogP contribution in [-0.4, -0.2) is 21.0 Å². The average Bonchev–Trinajstić information content (AvgIpc) is 3.04. The van der Waals surface area contributed by atoms with Crippen molar-refractivity contribution in [2.75, 3.05) is 0 Å². The van der Waals surface area contributed by atoms with Crippen molar-refractivity contribution >= 4 is 5.91 Å². The number of rotatable bonds is 4. The number of carbonyl (C=O) groups is 1. The lowest BCUT2D eigenvalue weighted by Gasteiger charge is -2.02. The third-order valence-electron chi connectivity index (χ3n) is 3.06. The van der Waals surface area contributed by atoms with E-state index in [9.17, 15) is 4.79 Å². The van der Waals surface area contributed by atoms with Crippen LogP contribution in [0.5, 0.6) is 0 Å². The van der Waals surface area contributed by atoms with Gasteiger partial charge >= 0.3 is 0 Å². The second kappa shape index (κ2) is 6.17. The van der Waals surface area contributed by atoms with Crippen LogP contribution >= 0.6 is 0 Å². The van der Waals surface area contributed by atoms with Crippen molar-refractivity contribution in [3.63, 3.8) is 0 Å². The predicted molar refractivity (Wildman–Crippen MR) is 79.9 cm³/mol. The minimum absolute atomic E-state index is 0.228. The molecule has 6 heteroatoms. The second-order valence-corrected chi connectivity index (χ2v) is 4.77. The van der Waals surface area contributed by atoms with E-state index in [0.29, 0.717) is 12.3 Å². The summed E-state index contributed by atoms with van der Waals surface area (Å²) in [5.41, 5.74) is 2.71. The number of nitrogens with zero attached hydrogens (tertiary/aromatic N) is 3. The standard InChI is InChI=1S/C16H14N4O2/c1-11-4-2-6-13(19-11)10-18-16(21)14-8-15(22-20-14)12-5-3-7-17-9-12/h2-9H,10H2,1H3,(H,18,21). The average molecular weight is 294 g/mol. The number of amides is 1. The van der Waals surface area contributed by atoms with Crippen molar-refractivity contribution in [1.82, 2.24) is 20.4 Å². The van der Waals surface area contributed by atoms with Crippen molar-refractivity contribution in [2.24, 2.45) is 0 Å². The fourth-order valence-electron chi connectivity index (χ4n) is 1.99. The van der Waals surface area contributed by atoms with Crippen LogP contribution in [0.25, 0.3) is 11.3 Å². The smallest absolute Gasteiger partial charge is 0.273 e. The van der Waals surface area contributed by atoms with Gasteiger partial charge in [0, 0.05) is 29.7 Å². The summed E-state index contributed by atoms with van der Waals surface area (Å²) in [6, 6.07) is 10.9. The molecule has 3 heterocycles. The van der Waals surface area contributed by atoms with Gasteiger partial charge in [-0.1, -0.05) is 11.2 Å². The van der Waals surface area contributed by atoms with Gasteiger partial charge in [-0.05, 0) is 31.2 Å². The van der Waals surface area contributed by atoms with Crippen molar-refractivity contribution in [3.8, 4) is 11.3 Å². The highest BCUT2D eigenvalue weighted by Gasteiger charge is 2.13. The van der Waals surface area contributed by atoms with E-state index in [1.54, 1.807) is 24.5 Å². The Morgan fingerprint density at radius 3 is 2.95 bits per heavy atom. The van der Waals surface area contributed by atoms with Crippen LogP contribution in [0.15, 0.2) is 53.3 Å². The van der Waals surface area contributed by atoms with Crippen LogP contribution in [0.1, 0.15) is 21.9 Å². The summed E-state index contributed by atoms with van der Waals surface area (Å²) in [7, 11) is 0. The van der Waals surface area contributed by atoms with Crippen molar-refractivity contribution in [3.05, 3.63) is 65.9 Å². The number of hydrogen-bond donors (Lipinski definition) is 1. The van der Waals surface area contributed by atoms with Gasteiger partial charge in [-0.3, -0.25) is 14.8 Å². The van der Waals surface area contributed by atoms with Gasteiger partial charge in [-0.15, -0.1) is 0 Å². The Bertz CT molecular complexity index is 784. The molecule has 0 bridgehead atoms. The maximum Gasteiger partial charge on any atom is 0.273 e. The minimum atomic E-state index is -0.304. The summed E-state index contributed by atoms with van der Waals surface area (Å²) >= 11 is 0. The molecule has 0 radical (unpaired) electrons. The highest BCUT2D eigenvalue weighted by Crippen LogP contribution is 2.18. The number of carbonyl (C=O) groups excluding carboxylic acids is 1. The molecule has 22 heavy (non-hydrogen) atoms. The van der Waals surface area contributed by atoms with Gasteiger partial charge in [0.1, 0.15) is 0 Å². The zero-order chi connectivity index (χ0) is 15.4. The molecule has 0 spiro atoms. The van der Waals surface area contributed by atoms with Gasteiger partial charge in [-0.2, -0.15) is 0 Å². The van der Waals surface area contributed by atoms with E-state index in [1.165, 1.54) is 0 Å². The molecule has 6 nitrogen and oxygen atoms in total. The third-order valence-corrected chi connectivity index (χ3v) is 3.06. The maximum atomic E-state index is 12.1. The summed E-state index contributed by atoms with van der Waals surface area (Å²) in [5, 5.41) is 6.55. The Kier molecular flexibility index (Phi) is 3.91. The van der Waals surface area contributed by atoms with Gasteiger partial charge in [0.25, 0.3) is 5.91 Å². The van der Waals surface area contributed by atoms with Crippen LogP contribution in [0.2, 0.25) is 0 Å². The number of hydrogen-bond acceptors (Lipinski definition) is 5. The normalized spacial score (nSPS) is 10.4. The van der Waals surface area contributed by atoms with Crippen LogP contribution < -0.4 is 5.32 Å². The lowest BCUT2D eigenvalue weighted by atomic mass is 10.2. The van der Waals surface area contributed by atoms with Crippen molar-refractivity contribution < 1.29 is 9.32 Å². The lowest BCUT2D eigenvalue weighted by molar-refractivity contribution is 0.0941. The Labute approximate surface area is 127 Å². The largest absolute Gasteiger partial charge is 0.355 e. The molecule has 0 fully saturated rings. The molecule has 0 aliphatic rings. The highest BCUT2D eigenvalue weighted by atomic mass is 16.5. The Balaban J connectivity index is 1.67. The molecule has 1 N–H and O–H groups in total. The zero-order valence-electron chi connectivity index (χ0n) is 12.0. The molecule has 0 saturated carbocycles. The first-order valence-electron chi connectivity index (χ1n) is 6.80. The quantitative estimate of drug-likeness (QED) is 0.799. The lowest BCUT2D eigenvalue weighted by Crippen LogP contribution is -2.23. The van der Waals surface area contributed by atoms with E-state index in [0.717, 1.165) is 17.0 Å². The molecule has 0 unspecified atom stereocenters. The van der Waals surface area contributed by atoms with Crippen molar-refractivity contribution in [2.45, 2.75) is 13.5 Å². The molecule has 3 aromatic heterocycles. The molecule has 110 valence electrons. The van der Waals surface area contributed by atoms with E-state index in [4.69, 9.17) is 4.52 Å². The van der Waals surface area contributed by atoms with E-state index < -0.39 is 0 Å². The fraction of sp³-hybridized carbons (Fsp3) is 0.125. The molecule has 3 aromatic rings. The molecular formula is C16H14N4O2. The van der Waals surface area contributed by atoms with Crippen LogP contribution in [0.3, 0.4) is 0 Å². The van der Waals surface area contributed by atoms with E-state index in [1.807, 2.05) is 31.2 Å². The van der Waals surface area contributed by atoms with Gasteiger partial charge in [0.05, 0.1) is 12.2 Å². The Morgan fingerprint density at radius 2 is 2.18 bits per heavy atom. The SMILES string of the molecule is Cc1cccc(CNC(=O)c2cc(-c3cccnc3)on2)n1. The molecule has 3 rings (SSSR count). The first-order valence-corrected chi connectivity index (χ1v) is 6.80. The molecule has 1 amide bonds. The van der Waals surface area contributed by atoms with Gasteiger partial charge in [0.2, 0.25) is 0 Å². The highest BCUT2D eigenvalue weighted by molar-refractivity contribution is 5.92. The van der Waals surface area contributed by atoms with Crippen LogP contribution in [-0.2, 0) is 6.54 Å². The predicted octanol–water partition coefficient (Wildman–Crippen LogP) is 2.37. The maximum absolute atomic E-state index is 12.1. The van der Waals surface area contributed by atoms with Crippen molar-refractivity contribution in [1.29, 1.82) is 0 Å². The second-order valence-electron chi connectivity index (χ2n) is 4.77. The number of aryl methyl sites for hydroxylation is 1. The monoisotopic (exact) mass is 294 g/mol. The summed E-state index contributed by atoms with van der Waals surface area (Å²) in [6.45, 7) is 2.25. The fourth-order valence-corrected chi connectivity index (χ4v) is 1.99. The number of pyridine rings is 2. The Hall–Kier alpha value is -3.02. The van der Waals surface area contributed by atoms with Gasteiger partial charge in [-0.25, -0.2) is 0 Å². The molecular weight excluding hydrogens is 280 g/mol. The van der Waals surface area contributed by atoms with E-state index in [-0.39, 0.29) is 11.6 Å². The number of aromatic nitrogens is 3. The molecule has 0 aromatic carbocycles. The molecule has 0 aliphatic carbocycles.